The molecule has 0 unspecified atom stereocenters. The van der Waals surface area contributed by atoms with Crippen molar-refractivity contribution in [2.75, 3.05) is 30.4 Å². The number of benzene rings is 1. The van der Waals surface area contributed by atoms with E-state index in [1.807, 2.05) is 18.7 Å². The first-order chi connectivity index (χ1) is 10.1. The lowest BCUT2D eigenvalue weighted by Crippen LogP contribution is -2.24. The number of sulfonamides is 1. The Morgan fingerprint density at radius 2 is 1.71 bits per heavy atom. The van der Waals surface area contributed by atoms with Crippen LogP contribution in [0.4, 0.5) is 5.69 Å². The van der Waals surface area contributed by atoms with Crippen LogP contribution in [-0.4, -0.2) is 33.5 Å². The molecule has 1 aromatic carbocycles. The molecule has 4 nitrogen and oxygen atoms in total. The second-order valence-electron chi connectivity index (χ2n) is 4.86. The highest BCUT2D eigenvalue weighted by atomic mass is 32.2. The third-order valence-corrected chi connectivity index (χ3v) is 5.29. The van der Waals surface area contributed by atoms with Crippen molar-refractivity contribution >= 4 is 27.5 Å². The number of anilines is 1. The number of hydrogen-bond donors (Lipinski definition) is 2. The van der Waals surface area contributed by atoms with E-state index in [0.29, 0.717) is 11.4 Å². The van der Waals surface area contributed by atoms with Gasteiger partial charge >= 0.3 is 0 Å². The van der Waals surface area contributed by atoms with Crippen LogP contribution in [0.3, 0.4) is 0 Å². The first kappa shape index (κ1) is 18.3. The SMILES string of the molecule is CCNc1ccc(S(=O)(=O)NCCCCCCSC)cc1. The smallest absolute Gasteiger partial charge is 0.240 e. The third-order valence-electron chi connectivity index (χ3n) is 3.11. The summed E-state index contributed by atoms with van der Waals surface area (Å²) in [7, 11) is -3.37. The first-order valence-electron chi connectivity index (χ1n) is 7.42. The molecule has 0 aliphatic heterocycles. The highest BCUT2D eigenvalue weighted by molar-refractivity contribution is 7.98. The molecule has 0 bridgehead atoms. The molecular formula is C15H26N2O2S2. The maximum atomic E-state index is 12.1. The molecule has 0 fully saturated rings. The zero-order valence-electron chi connectivity index (χ0n) is 12.9. The molecule has 0 aromatic heterocycles. The largest absolute Gasteiger partial charge is 0.385 e. The van der Waals surface area contributed by atoms with Crippen molar-refractivity contribution in [3.05, 3.63) is 24.3 Å². The van der Waals surface area contributed by atoms with Crippen molar-refractivity contribution in [3.8, 4) is 0 Å². The molecule has 0 saturated heterocycles. The molecule has 0 atom stereocenters. The van der Waals surface area contributed by atoms with E-state index in [2.05, 4.69) is 16.3 Å². The minimum Gasteiger partial charge on any atom is -0.385 e. The number of thioether (sulfide) groups is 1. The zero-order chi connectivity index (χ0) is 15.6. The highest BCUT2D eigenvalue weighted by Crippen LogP contribution is 2.14. The Hall–Kier alpha value is -0.720. The summed E-state index contributed by atoms with van der Waals surface area (Å²) in [6.45, 7) is 3.34. The van der Waals surface area contributed by atoms with Gasteiger partial charge < -0.3 is 5.32 Å². The summed E-state index contributed by atoms with van der Waals surface area (Å²) in [6.07, 6.45) is 6.45. The van der Waals surface area contributed by atoms with Gasteiger partial charge in [-0.15, -0.1) is 0 Å². The molecule has 120 valence electrons. The molecule has 0 aliphatic rings. The minimum absolute atomic E-state index is 0.325. The van der Waals surface area contributed by atoms with Crippen LogP contribution >= 0.6 is 11.8 Å². The van der Waals surface area contributed by atoms with Crippen LogP contribution < -0.4 is 10.0 Å². The zero-order valence-corrected chi connectivity index (χ0v) is 14.5. The summed E-state index contributed by atoms with van der Waals surface area (Å²) in [4.78, 5) is 0.325. The van der Waals surface area contributed by atoms with E-state index in [1.54, 1.807) is 24.3 Å². The monoisotopic (exact) mass is 330 g/mol. The van der Waals surface area contributed by atoms with Gasteiger partial charge in [0.15, 0.2) is 0 Å². The average Bonchev–Trinajstić information content (AvgIpc) is 2.47. The van der Waals surface area contributed by atoms with Crippen molar-refractivity contribution < 1.29 is 8.42 Å². The van der Waals surface area contributed by atoms with Gasteiger partial charge in [0.25, 0.3) is 0 Å². The van der Waals surface area contributed by atoms with Gasteiger partial charge in [-0.3, -0.25) is 0 Å². The van der Waals surface area contributed by atoms with Crippen molar-refractivity contribution in [2.45, 2.75) is 37.5 Å². The Kier molecular flexibility index (Phi) is 8.80. The topological polar surface area (TPSA) is 58.2 Å². The van der Waals surface area contributed by atoms with E-state index >= 15 is 0 Å². The van der Waals surface area contributed by atoms with E-state index in [1.165, 1.54) is 18.6 Å². The van der Waals surface area contributed by atoms with Gasteiger partial charge in [0.1, 0.15) is 0 Å². The molecule has 2 N–H and O–H groups in total. The van der Waals surface area contributed by atoms with Gasteiger partial charge in [-0.25, -0.2) is 13.1 Å². The van der Waals surface area contributed by atoms with Crippen LogP contribution in [-0.2, 0) is 10.0 Å². The molecule has 1 aromatic rings. The molecule has 0 spiro atoms. The normalized spacial score (nSPS) is 11.5. The molecule has 0 aliphatic carbocycles. The van der Waals surface area contributed by atoms with Gasteiger partial charge in [-0.05, 0) is 56.0 Å². The molecule has 0 radical (unpaired) electrons. The highest BCUT2D eigenvalue weighted by Gasteiger charge is 2.12. The molecule has 21 heavy (non-hydrogen) atoms. The van der Waals surface area contributed by atoms with Crippen LogP contribution in [0.2, 0.25) is 0 Å². The lowest BCUT2D eigenvalue weighted by atomic mass is 10.2. The standard InChI is InChI=1S/C15H26N2O2S2/c1-3-16-14-8-10-15(11-9-14)21(18,19)17-12-6-4-5-7-13-20-2/h8-11,16-17H,3-7,12-13H2,1-2H3. The first-order valence-corrected chi connectivity index (χ1v) is 10.3. The summed E-state index contributed by atoms with van der Waals surface area (Å²) in [5, 5.41) is 3.15. The Morgan fingerprint density at radius 1 is 1.05 bits per heavy atom. The molecular weight excluding hydrogens is 304 g/mol. The molecule has 1 rings (SSSR count). The number of rotatable bonds is 11. The third kappa shape index (κ3) is 7.20. The summed E-state index contributed by atoms with van der Waals surface area (Å²) in [5.74, 6) is 1.18. The summed E-state index contributed by atoms with van der Waals surface area (Å²) in [5.41, 5.74) is 0.935. The van der Waals surface area contributed by atoms with Crippen LogP contribution in [0, 0.1) is 0 Å². The van der Waals surface area contributed by atoms with Crippen LogP contribution in [0.25, 0.3) is 0 Å². The predicted molar refractivity (Wildman–Crippen MR) is 92.6 cm³/mol. The van der Waals surface area contributed by atoms with Gasteiger partial charge in [-0.1, -0.05) is 12.8 Å². The van der Waals surface area contributed by atoms with Crippen molar-refractivity contribution in [2.24, 2.45) is 0 Å². The van der Waals surface area contributed by atoms with E-state index in [4.69, 9.17) is 0 Å². The summed E-state index contributed by atoms with van der Waals surface area (Å²) in [6, 6.07) is 6.86. The van der Waals surface area contributed by atoms with E-state index < -0.39 is 10.0 Å². The van der Waals surface area contributed by atoms with Crippen molar-refractivity contribution in [3.63, 3.8) is 0 Å². The lowest BCUT2D eigenvalue weighted by molar-refractivity contribution is 0.574. The predicted octanol–water partition coefficient (Wildman–Crippen LogP) is 3.32. The van der Waals surface area contributed by atoms with Crippen LogP contribution in [0.1, 0.15) is 32.6 Å². The molecule has 0 heterocycles. The Labute approximate surface area is 133 Å². The number of nitrogens with one attached hydrogen (secondary N) is 2. The summed E-state index contributed by atoms with van der Waals surface area (Å²) < 4.78 is 26.9. The van der Waals surface area contributed by atoms with Crippen LogP contribution in [0.15, 0.2) is 29.2 Å². The van der Waals surface area contributed by atoms with Crippen molar-refractivity contribution in [1.29, 1.82) is 0 Å². The maximum absolute atomic E-state index is 12.1. The second kappa shape index (κ2) is 10.1. The fraction of sp³-hybridized carbons (Fsp3) is 0.600. The quantitative estimate of drug-likeness (QED) is 0.611. The second-order valence-corrected chi connectivity index (χ2v) is 7.61. The molecule has 6 heteroatoms. The maximum Gasteiger partial charge on any atom is 0.240 e. The van der Waals surface area contributed by atoms with E-state index in [0.717, 1.165) is 25.1 Å². The van der Waals surface area contributed by atoms with E-state index in [-0.39, 0.29) is 0 Å². The molecule has 0 amide bonds. The Balaban J connectivity index is 2.35. The van der Waals surface area contributed by atoms with Gasteiger partial charge in [0.2, 0.25) is 10.0 Å². The van der Waals surface area contributed by atoms with Crippen LogP contribution in [0.5, 0.6) is 0 Å². The Bertz CT molecular complexity index is 487. The van der Waals surface area contributed by atoms with Gasteiger partial charge in [0, 0.05) is 18.8 Å². The minimum atomic E-state index is -3.37. The van der Waals surface area contributed by atoms with Crippen molar-refractivity contribution in [1.82, 2.24) is 4.72 Å². The van der Waals surface area contributed by atoms with Gasteiger partial charge in [-0.2, -0.15) is 11.8 Å². The number of hydrogen-bond acceptors (Lipinski definition) is 4. The fourth-order valence-corrected chi connectivity index (χ4v) is 3.54. The Morgan fingerprint density at radius 3 is 2.33 bits per heavy atom. The number of unbranched alkanes of at least 4 members (excludes halogenated alkanes) is 3. The average molecular weight is 331 g/mol. The lowest BCUT2D eigenvalue weighted by Gasteiger charge is -2.08. The van der Waals surface area contributed by atoms with E-state index in [9.17, 15) is 8.42 Å². The summed E-state index contributed by atoms with van der Waals surface area (Å²) >= 11 is 1.85. The van der Waals surface area contributed by atoms with Gasteiger partial charge in [0.05, 0.1) is 4.90 Å². The molecule has 0 saturated carbocycles. The fourth-order valence-electron chi connectivity index (χ4n) is 1.97.